The lowest BCUT2D eigenvalue weighted by Crippen LogP contribution is -2.05. The SMILES string of the molecule is O=c1c(C=C(c2ccccc2)c2ccccc2)coc2ccccc12. The smallest absolute Gasteiger partial charge is 0.199 e. The molecule has 4 rings (SSSR count). The molecule has 1 heterocycles. The molecule has 0 fully saturated rings. The second-order valence-electron chi connectivity index (χ2n) is 5.81. The molecule has 2 heteroatoms. The molecule has 4 aromatic rings. The standard InChI is InChI=1S/C23H16O2/c24-23-19(16-25-22-14-8-7-13-20(22)23)15-21(17-9-3-1-4-10-17)18-11-5-2-6-12-18/h1-16H. The van der Waals surface area contributed by atoms with Gasteiger partial charge in [-0.25, -0.2) is 0 Å². The van der Waals surface area contributed by atoms with Gasteiger partial charge in [0.25, 0.3) is 0 Å². The lowest BCUT2D eigenvalue weighted by molar-refractivity contribution is 0.601. The molecule has 0 atom stereocenters. The molecule has 0 N–H and O–H groups in total. The molecule has 0 radical (unpaired) electrons. The van der Waals surface area contributed by atoms with E-state index in [9.17, 15) is 4.79 Å². The van der Waals surface area contributed by atoms with Gasteiger partial charge in [0.15, 0.2) is 5.43 Å². The van der Waals surface area contributed by atoms with Gasteiger partial charge in [-0.1, -0.05) is 72.8 Å². The van der Waals surface area contributed by atoms with Crippen molar-refractivity contribution >= 4 is 22.6 Å². The highest BCUT2D eigenvalue weighted by molar-refractivity contribution is 5.92. The molecular formula is C23H16O2. The third kappa shape index (κ3) is 3.02. The first-order valence-electron chi connectivity index (χ1n) is 8.16. The highest BCUT2D eigenvalue weighted by atomic mass is 16.3. The van der Waals surface area contributed by atoms with Crippen LogP contribution in [0.4, 0.5) is 0 Å². The van der Waals surface area contributed by atoms with Crippen molar-refractivity contribution in [3.05, 3.63) is 118 Å². The van der Waals surface area contributed by atoms with Gasteiger partial charge < -0.3 is 4.42 Å². The van der Waals surface area contributed by atoms with Crippen LogP contribution in [-0.2, 0) is 0 Å². The summed E-state index contributed by atoms with van der Waals surface area (Å²) in [6, 6.07) is 27.4. The molecule has 0 saturated carbocycles. The van der Waals surface area contributed by atoms with Crippen molar-refractivity contribution < 1.29 is 4.42 Å². The fourth-order valence-corrected chi connectivity index (χ4v) is 2.92. The van der Waals surface area contributed by atoms with Crippen molar-refractivity contribution in [1.82, 2.24) is 0 Å². The lowest BCUT2D eigenvalue weighted by atomic mass is 9.96. The summed E-state index contributed by atoms with van der Waals surface area (Å²) in [5.41, 5.74) is 4.23. The van der Waals surface area contributed by atoms with Crippen molar-refractivity contribution in [2.75, 3.05) is 0 Å². The van der Waals surface area contributed by atoms with Crippen LogP contribution in [0.15, 0.2) is 100 Å². The molecule has 0 unspecified atom stereocenters. The summed E-state index contributed by atoms with van der Waals surface area (Å²) in [6.07, 6.45) is 3.44. The first kappa shape index (κ1) is 15.2. The van der Waals surface area contributed by atoms with E-state index >= 15 is 0 Å². The average Bonchev–Trinajstić information content (AvgIpc) is 2.69. The Kier molecular flexibility index (Phi) is 4.01. The number of fused-ring (bicyclic) bond motifs is 1. The van der Waals surface area contributed by atoms with Crippen LogP contribution >= 0.6 is 0 Å². The fraction of sp³-hybridized carbons (Fsp3) is 0. The Hall–Kier alpha value is -3.39. The second-order valence-corrected chi connectivity index (χ2v) is 5.81. The maximum absolute atomic E-state index is 12.8. The van der Waals surface area contributed by atoms with Crippen molar-refractivity contribution in [3.63, 3.8) is 0 Å². The molecule has 0 spiro atoms. The Morgan fingerprint density at radius 3 is 1.92 bits per heavy atom. The van der Waals surface area contributed by atoms with Gasteiger partial charge in [-0.15, -0.1) is 0 Å². The van der Waals surface area contributed by atoms with E-state index in [1.807, 2.05) is 78.9 Å². The molecule has 2 nitrogen and oxygen atoms in total. The number of hydrogen-bond donors (Lipinski definition) is 0. The molecule has 0 bridgehead atoms. The minimum atomic E-state index is -0.0220. The maximum atomic E-state index is 12.8. The van der Waals surface area contributed by atoms with Crippen LogP contribution in [0.3, 0.4) is 0 Å². The van der Waals surface area contributed by atoms with Crippen LogP contribution in [0, 0.1) is 0 Å². The topological polar surface area (TPSA) is 30.2 Å². The molecule has 1 aromatic heterocycles. The van der Waals surface area contributed by atoms with E-state index in [1.54, 1.807) is 12.1 Å². The average molecular weight is 324 g/mol. The summed E-state index contributed by atoms with van der Waals surface area (Å²) in [5, 5.41) is 0.594. The zero-order valence-corrected chi connectivity index (χ0v) is 13.6. The van der Waals surface area contributed by atoms with Gasteiger partial charge in [0.05, 0.1) is 10.9 Å². The van der Waals surface area contributed by atoms with Gasteiger partial charge in [0, 0.05) is 0 Å². The van der Waals surface area contributed by atoms with E-state index < -0.39 is 0 Å². The predicted octanol–water partition coefficient (Wildman–Crippen LogP) is 5.38. The Morgan fingerprint density at radius 1 is 0.720 bits per heavy atom. The second kappa shape index (κ2) is 6.62. The van der Waals surface area contributed by atoms with E-state index in [0.29, 0.717) is 16.5 Å². The minimum absolute atomic E-state index is 0.0220. The van der Waals surface area contributed by atoms with Crippen molar-refractivity contribution in [2.45, 2.75) is 0 Å². The third-order valence-corrected chi connectivity index (χ3v) is 4.18. The molecule has 3 aromatic carbocycles. The summed E-state index contributed by atoms with van der Waals surface area (Å²) >= 11 is 0. The zero-order chi connectivity index (χ0) is 17.1. The predicted molar refractivity (Wildman–Crippen MR) is 102 cm³/mol. The summed E-state index contributed by atoms with van der Waals surface area (Å²) in [4.78, 5) is 12.8. The third-order valence-electron chi connectivity index (χ3n) is 4.18. The molecule has 25 heavy (non-hydrogen) atoms. The largest absolute Gasteiger partial charge is 0.463 e. The fourth-order valence-electron chi connectivity index (χ4n) is 2.92. The molecule has 0 amide bonds. The number of hydrogen-bond acceptors (Lipinski definition) is 2. The number of benzene rings is 3. The monoisotopic (exact) mass is 324 g/mol. The van der Waals surface area contributed by atoms with Gasteiger partial charge in [0.2, 0.25) is 0 Å². The Morgan fingerprint density at radius 2 is 1.28 bits per heavy atom. The molecule has 0 aliphatic carbocycles. The Labute approximate surface area is 145 Å². The summed E-state index contributed by atoms with van der Waals surface area (Å²) in [5.74, 6) is 0. The van der Waals surface area contributed by atoms with E-state index in [0.717, 1.165) is 16.7 Å². The zero-order valence-electron chi connectivity index (χ0n) is 13.6. The van der Waals surface area contributed by atoms with Gasteiger partial charge in [-0.2, -0.15) is 0 Å². The lowest BCUT2D eigenvalue weighted by Gasteiger charge is -2.09. The highest BCUT2D eigenvalue weighted by Gasteiger charge is 2.09. The summed E-state index contributed by atoms with van der Waals surface area (Å²) in [7, 11) is 0. The van der Waals surface area contributed by atoms with E-state index in [2.05, 4.69) is 0 Å². The Bertz CT molecular complexity index is 1050. The van der Waals surface area contributed by atoms with E-state index in [4.69, 9.17) is 4.42 Å². The molecule has 0 aliphatic heterocycles. The molecule has 0 saturated heterocycles. The summed E-state index contributed by atoms with van der Waals surface area (Å²) in [6.45, 7) is 0. The van der Waals surface area contributed by atoms with Crippen molar-refractivity contribution in [3.8, 4) is 0 Å². The van der Waals surface area contributed by atoms with Crippen LogP contribution in [0.1, 0.15) is 16.7 Å². The van der Waals surface area contributed by atoms with Crippen molar-refractivity contribution in [1.29, 1.82) is 0 Å². The number of para-hydroxylation sites is 1. The maximum Gasteiger partial charge on any atom is 0.199 e. The Balaban J connectivity index is 1.94. The van der Waals surface area contributed by atoms with Crippen LogP contribution < -0.4 is 5.43 Å². The van der Waals surface area contributed by atoms with Crippen LogP contribution in [-0.4, -0.2) is 0 Å². The van der Waals surface area contributed by atoms with E-state index in [1.165, 1.54) is 6.26 Å². The van der Waals surface area contributed by atoms with Crippen LogP contribution in [0.5, 0.6) is 0 Å². The van der Waals surface area contributed by atoms with Crippen molar-refractivity contribution in [2.24, 2.45) is 0 Å². The first-order valence-corrected chi connectivity index (χ1v) is 8.16. The van der Waals surface area contributed by atoms with Crippen LogP contribution in [0.2, 0.25) is 0 Å². The first-order chi connectivity index (χ1) is 12.3. The molecule has 0 aliphatic rings. The highest BCUT2D eigenvalue weighted by Crippen LogP contribution is 2.25. The van der Waals surface area contributed by atoms with Gasteiger partial charge >= 0.3 is 0 Å². The molecule has 120 valence electrons. The van der Waals surface area contributed by atoms with Gasteiger partial charge in [-0.3, -0.25) is 4.79 Å². The number of rotatable bonds is 3. The molecular weight excluding hydrogens is 308 g/mol. The minimum Gasteiger partial charge on any atom is -0.463 e. The summed E-state index contributed by atoms with van der Waals surface area (Å²) < 4.78 is 5.65. The van der Waals surface area contributed by atoms with Gasteiger partial charge in [-0.05, 0) is 34.9 Å². The normalized spacial score (nSPS) is 10.6. The van der Waals surface area contributed by atoms with Gasteiger partial charge in [0.1, 0.15) is 11.8 Å². The van der Waals surface area contributed by atoms with E-state index in [-0.39, 0.29) is 5.43 Å². The quantitative estimate of drug-likeness (QED) is 0.506. The van der Waals surface area contributed by atoms with Crippen LogP contribution in [0.25, 0.3) is 22.6 Å².